The maximum absolute atomic E-state index is 13.0. The monoisotopic (exact) mass is 440 g/mol. The van der Waals surface area contributed by atoms with Crippen molar-refractivity contribution in [2.24, 2.45) is 5.73 Å². The molecule has 10 heteroatoms. The second-order valence-electron chi connectivity index (χ2n) is 8.40. The minimum atomic E-state index is -3.96. The molecule has 0 bridgehead atoms. The average Bonchev–Trinajstić information content (AvgIpc) is 2.94. The van der Waals surface area contributed by atoms with Gasteiger partial charge in [0.1, 0.15) is 17.4 Å². The van der Waals surface area contributed by atoms with E-state index in [-0.39, 0.29) is 10.9 Å². The number of hydrogen-bond donors (Lipinski definition) is 5. The number of hydrogen-bond acceptors (Lipinski definition) is 6. The van der Waals surface area contributed by atoms with Crippen LogP contribution in [0.5, 0.6) is 5.75 Å². The van der Waals surface area contributed by atoms with Crippen molar-refractivity contribution in [2.45, 2.75) is 76.8 Å². The zero-order valence-electron chi connectivity index (χ0n) is 18.2. The molecule has 1 aliphatic rings. The number of nitrogens with two attached hydrogens (primary N) is 1. The molecular formula is C20H32N4O5S. The Bertz CT molecular complexity index is 957. The summed E-state index contributed by atoms with van der Waals surface area (Å²) in [7, 11) is -3.96. The molecule has 1 heterocycles. The molecule has 0 aliphatic carbocycles. The molecule has 0 spiro atoms. The first-order valence-corrected chi connectivity index (χ1v) is 11.4. The van der Waals surface area contributed by atoms with Crippen molar-refractivity contribution in [3.63, 3.8) is 0 Å². The standard InChI is InChI=1S/C20H32N4O5S/c1-11-12(2)17(13(3)14-10-20(4,5)29-16(11)14)30(27,28)24-19(22)23-9-7-6-8-15(21)18(25)26/h15H,6-10,21H2,1-5H3,(H,25,26)(H3,22,23,24)/t15-/m0/s1. The third kappa shape index (κ3) is 5.23. The van der Waals surface area contributed by atoms with E-state index in [0.717, 1.165) is 16.9 Å². The molecule has 0 fully saturated rings. The van der Waals surface area contributed by atoms with E-state index in [4.69, 9.17) is 21.0 Å². The largest absolute Gasteiger partial charge is 0.487 e. The van der Waals surface area contributed by atoms with Gasteiger partial charge in [0.15, 0.2) is 0 Å². The first-order chi connectivity index (χ1) is 13.8. The van der Waals surface area contributed by atoms with Crippen molar-refractivity contribution in [3.8, 4) is 5.75 Å². The SMILES string of the molecule is Cc1c(C)c(S(=O)(=O)NC(=N)NCCCC[C@H](N)C(=O)O)c(C)c2c1OC(C)(C)C2. The second-order valence-corrected chi connectivity index (χ2v) is 10.0. The summed E-state index contributed by atoms with van der Waals surface area (Å²) >= 11 is 0. The Balaban J connectivity index is 2.07. The summed E-state index contributed by atoms with van der Waals surface area (Å²) in [6.07, 6.45) is 2.05. The molecule has 1 atom stereocenters. The summed E-state index contributed by atoms with van der Waals surface area (Å²) in [5.41, 5.74) is 7.97. The number of carboxylic acid groups (broad SMARTS) is 1. The Morgan fingerprint density at radius 3 is 2.47 bits per heavy atom. The highest BCUT2D eigenvalue weighted by Gasteiger charge is 2.36. The minimum absolute atomic E-state index is 0.180. The molecule has 1 aromatic carbocycles. The maximum Gasteiger partial charge on any atom is 0.320 e. The summed E-state index contributed by atoms with van der Waals surface area (Å²) in [6.45, 7) is 9.63. The highest BCUT2D eigenvalue weighted by atomic mass is 32.2. The van der Waals surface area contributed by atoms with Gasteiger partial charge in [0.2, 0.25) is 5.96 Å². The van der Waals surface area contributed by atoms with E-state index in [9.17, 15) is 13.2 Å². The number of carbonyl (C=O) groups is 1. The fraction of sp³-hybridized carbons (Fsp3) is 0.600. The van der Waals surface area contributed by atoms with Gasteiger partial charge >= 0.3 is 5.97 Å². The lowest BCUT2D eigenvalue weighted by atomic mass is 9.94. The number of fused-ring (bicyclic) bond motifs is 1. The van der Waals surface area contributed by atoms with Crippen molar-refractivity contribution < 1.29 is 23.1 Å². The second kappa shape index (κ2) is 8.81. The lowest BCUT2D eigenvalue weighted by molar-refractivity contribution is -0.138. The van der Waals surface area contributed by atoms with E-state index in [1.165, 1.54) is 0 Å². The van der Waals surface area contributed by atoms with E-state index >= 15 is 0 Å². The predicted octanol–water partition coefficient (Wildman–Crippen LogP) is 1.71. The first kappa shape index (κ1) is 23.9. The van der Waals surface area contributed by atoms with Gasteiger partial charge in [0, 0.05) is 18.5 Å². The molecule has 9 nitrogen and oxygen atoms in total. The summed E-state index contributed by atoms with van der Waals surface area (Å²) < 4.78 is 34.4. The van der Waals surface area contributed by atoms with Crippen LogP contribution in [0.25, 0.3) is 0 Å². The number of benzene rings is 1. The summed E-state index contributed by atoms with van der Waals surface area (Å²) in [5, 5.41) is 19.4. The number of nitrogens with one attached hydrogen (secondary N) is 3. The van der Waals surface area contributed by atoms with E-state index in [0.29, 0.717) is 43.4 Å². The molecule has 0 radical (unpaired) electrons. The van der Waals surface area contributed by atoms with Crippen LogP contribution in [0.15, 0.2) is 4.90 Å². The first-order valence-electron chi connectivity index (χ1n) is 9.92. The van der Waals surface area contributed by atoms with E-state index < -0.39 is 27.6 Å². The number of sulfonamides is 1. The van der Waals surface area contributed by atoms with Crippen molar-refractivity contribution >= 4 is 22.0 Å². The number of rotatable bonds is 8. The van der Waals surface area contributed by atoms with Crippen molar-refractivity contribution in [1.29, 1.82) is 5.41 Å². The third-order valence-electron chi connectivity index (χ3n) is 5.36. The van der Waals surface area contributed by atoms with Crippen molar-refractivity contribution in [1.82, 2.24) is 10.0 Å². The molecule has 0 aromatic heterocycles. The van der Waals surface area contributed by atoms with Crippen LogP contribution in [-0.2, 0) is 21.2 Å². The lowest BCUT2D eigenvalue weighted by Gasteiger charge is -2.19. The molecule has 168 valence electrons. The fourth-order valence-electron chi connectivity index (χ4n) is 3.70. The van der Waals surface area contributed by atoms with Gasteiger partial charge < -0.3 is 20.9 Å². The molecule has 0 saturated heterocycles. The van der Waals surface area contributed by atoms with Gasteiger partial charge in [-0.25, -0.2) is 13.1 Å². The number of unbranched alkanes of at least 4 members (excludes halogenated alkanes) is 1. The highest BCUT2D eigenvalue weighted by molar-refractivity contribution is 7.90. The Labute approximate surface area is 177 Å². The Morgan fingerprint density at radius 1 is 1.23 bits per heavy atom. The Morgan fingerprint density at radius 2 is 1.87 bits per heavy atom. The summed E-state index contributed by atoms with van der Waals surface area (Å²) in [4.78, 5) is 10.9. The average molecular weight is 441 g/mol. The van der Waals surface area contributed by atoms with Crippen LogP contribution >= 0.6 is 0 Å². The molecule has 1 aromatic rings. The van der Waals surface area contributed by atoms with Gasteiger partial charge in [-0.2, -0.15) is 0 Å². The smallest absolute Gasteiger partial charge is 0.320 e. The maximum atomic E-state index is 13.0. The zero-order valence-corrected chi connectivity index (χ0v) is 19.0. The fourth-order valence-corrected chi connectivity index (χ4v) is 5.22. The van der Waals surface area contributed by atoms with Gasteiger partial charge in [-0.15, -0.1) is 0 Å². The number of carboxylic acids is 1. The Hall–Kier alpha value is -2.33. The lowest BCUT2D eigenvalue weighted by Crippen LogP contribution is -2.41. The number of guanidine groups is 1. The molecule has 0 saturated carbocycles. The van der Waals surface area contributed by atoms with Crippen LogP contribution in [0, 0.1) is 26.2 Å². The van der Waals surface area contributed by atoms with Crippen LogP contribution in [0.2, 0.25) is 0 Å². The van der Waals surface area contributed by atoms with E-state index in [1.54, 1.807) is 13.8 Å². The van der Waals surface area contributed by atoms with Crippen LogP contribution < -0.4 is 20.5 Å². The molecule has 2 rings (SSSR count). The number of aliphatic carboxylic acids is 1. The van der Waals surface area contributed by atoms with Gasteiger partial charge in [-0.3, -0.25) is 10.2 Å². The number of ether oxygens (including phenoxy) is 1. The molecule has 1 aliphatic heterocycles. The zero-order chi connectivity index (χ0) is 22.9. The quantitative estimate of drug-likeness (QED) is 0.234. The van der Waals surface area contributed by atoms with Crippen molar-refractivity contribution in [3.05, 3.63) is 22.3 Å². The van der Waals surface area contributed by atoms with Crippen LogP contribution in [0.3, 0.4) is 0 Å². The molecule has 6 N–H and O–H groups in total. The Kier molecular flexibility index (Phi) is 7.03. The third-order valence-corrected chi connectivity index (χ3v) is 6.98. The molecule has 30 heavy (non-hydrogen) atoms. The normalized spacial score (nSPS) is 15.8. The van der Waals surface area contributed by atoms with E-state index in [2.05, 4.69) is 10.0 Å². The molecule has 0 amide bonds. The summed E-state index contributed by atoms with van der Waals surface area (Å²) in [6, 6.07) is -0.911. The van der Waals surface area contributed by atoms with Gasteiger partial charge in [0.25, 0.3) is 10.0 Å². The highest BCUT2D eigenvalue weighted by Crippen LogP contribution is 2.43. The van der Waals surface area contributed by atoms with Crippen LogP contribution in [0.1, 0.15) is 55.4 Å². The minimum Gasteiger partial charge on any atom is -0.487 e. The van der Waals surface area contributed by atoms with Crippen molar-refractivity contribution in [2.75, 3.05) is 6.54 Å². The topological polar surface area (TPSA) is 155 Å². The van der Waals surface area contributed by atoms with Crippen LogP contribution in [-0.4, -0.2) is 43.6 Å². The molecular weight excluding hydrogens is 408 g/mol. The van der Waals surface area contributed by atoms with Gasteiger partial charge in [-0.1, -0.05) is 0 Å². The predicted molar refractivity (Wildman–Crippen MR) is 115 cm³/mol. The summed E-state index contributed by atoms with van der Waals surface area (Å²) in [5.74, 6) is -0.625. The van der Waals surface area contributed by atoms with Gasteiger partial charge in [-0.05, 0) is 70.6 Å². The van der Waals surface area contributed by atoms with Gasteiger partial charge in [0.05, 0.1) is 4.90 Å². The van der Waals surface area contributed by atoms with Crippen LogP contribution in [0.4, 0.5) is 0 Å². The van der Waals surface area contributed by atoms with E-state index in [1.807, 2.05) is 20.8 Å². The molecule has 0 unspecified atom stereocenters.